The molecule has 1 aliphatic heterocycles. The first-order valence-electron chi connectivity index (χ1n) is 7.60. The van der Waals surface area contributed by atoms with Crippen LogP contribution in [-0.2, 0) is 17.9 Å². The van der Waals surface area contributed by atoms with Gasteiger partial charge in [0.15, 0.2) is 0 Å². The maximum absolute atomic E-state index is 10.8. The number of rotatable bonds is 5. The summed E-state index contributed by atoms with van der Waals surface area (Å²) in [5, 5.41) is 8.01. The predicted octanol–water partition coefficient (Wildman–Crippen LogP) is 0.775. The van der Waals surface area contributed by atoms with Crippen LogP contribution in [0.4, 0.5) is 0 Å². The monoisotopic (exact) mass is 277 g/mol. The zero-order valence-electron chi connectivity index (χ0n) is 11.9. The molecule has 0 radical (unpaired) electrons. The minimum Gasteiger partial charge on any atom is -0.368 e. The van der Waals surface area contributed by atoms with Gasteiger partial charge in [0, 0.05) is 19.6 Å². The maximum Gasteiger partial charge on any atom is 0.239 e. The summed E-state index contributed by atoms with van der Waals surface area (Å²) in [7, 11) is 0. The van der Waals surface area contributed by atoms with Gasteiger partial charge in [-0.15, -0.1) is 5.10 Å². The number of aromatic nitrogens is 3. The van der Waals surface area contributed by atoms with Crippen molar-refractivity contribution in [1.82, 2.24) is 19.9 Å². The van der Waals surface area contributed by atoms with E-state index in [2.05, 4.69) is 15.2 Å². The highest BCUT2D eigenvalue weighted by Crippen LogP contribution is 2.35. The van der Waals surface area contributed by atoms with Gasteiger partial charge >= 0.3 is 0 Å². The number of amides is 1. The second kappa shape index (κ2) is 5.91. The molecule has 110 valence electrons. The Bertz CT molecular complexity index is 460. The lowest BCUT2D eigenvalue weighted by atomic mass is 9.76. The van der Waals surface area contributed by atoms with Crippen LogP contribution in [0, 0.1) is 11.8 Å². The van der Waals surface area contributed by atoms with E-state index in [1.165, 1.54) is 49.9 Å². The molecular weight excluding hydrogens is 254 g/mol. The normalized spacial score (nSPS) is 21.8. The van der Waals surface area contributed by atoms with Crippen LogP contribution in [0.3, 0.4) is 0 Å². The van der Waals surface area contributed by atoms with Gasteiger partial charge < -0.3 is 5.73 Å². The van der Waals surface area contributed by atoms with Crippen LogP contribution in [-0.4, -0.2) is 38.9 Å². The average Bonchev–Trinajstić information content (AvgIpc) is 2.81. The van der Waals surface area contributed by atoms with Crippen LogP contribution < -0.4 is 5.73 Å². The van der Waals surface area contributed by atoms with Crippen LogP contribution in [0.5, 0.6) is 0 Å². The lowest BCUT2D eigenvalue weighted by Crippen LogP contribution is -2.49. The molecule has 1 saturated heterocycles. The summed E-state index contributed by atoms with van der Waals surface area (Å²) in [6, 6.07) is 0. The topological polar surface area (TPSA) is 77.0 Å². The number of hydrogen-bond acceptors (Lipinski definition) is 4. The number of carbonyl (C=O) groups excluding carboxylic acids is 1. The Labute approximate surface area is 119 Å². The van der Waals surface area contributed by atoms with Gasteiger partial charge in [-0.25, -0.2) is 4.68 Å². The molecule has 0 atom stereocenters. The molecule has 6 heteroatoms. The molecule has 2 heterocycles. The smallest absolute Gasteiger partial charge is 0.239 e. The second-order valence-corrected chi connectivity index (χ2v) is 6.23. The van der Waals surface area contributed by atoms with Crippen molar-refractivity contribution in [2.75, 3.05) is 13.1 Å². The molecule has 0 unspecified atom stereocenters. The number of hydrogen-bond donors (Lipinski definition) is 1. The first-order valence-corrected chi connectivity index (χ1v) is 7.60. The van der Waals surface area contributed by atoms with Crippen LogP contribution in [0.25, 0.3) is 0 Å². The second-order valence-electron chi connectivity index (χ2n) is 6.23. The third-order valence-corrected chi connectivity index (χ3v) is 4.59. The Morgan fingerprint density at radius 1 is 1.25 bits per heavy atom. The van der Waals surface area contributed by atoms with E-state index in [1.807, 2.05) is 6.20 Å². The van der Waals surface area contributed by atoms with Gasteiger partial charge in [-0.05, 0) is 11.8 Å². The lowest BCUT2D eigenvalue weighted by Gasteiger charge is -2.44. The summed E-state index contributed by atoms with van der Waals surface area (Å²) >= 11 is 0. The molecule has 0 spiro atoms. The van der Waals surface area contributed by atoms with Gasteiger partial charge in [0.2, 0.25) is 5.91 Å². The van der Waals surface area contributed by atoms with Crippen molar-refractivity contribution >= 4 is 5.91 Å². The first-order chi connectivity index (χ1) is 9.70. The first kappa shape index (κ1) is 13.5. The fourth-order valence-electron chi connectivity index (χ4n) is 3.52. The van der Waals surface area contributed by atoms with Crippen molar-refractivity contribution in [3.8, 4) is 0 Å². The average molecular weight is 277 g/mol. The predicted molar refractivity (Wildman–Crippen MR) is 74.6 cm³/mol. The van der Waals surface area contributed by atoms with Crippen molar-refractivity contribution in [3.63, 3.8) is 0 Å². The number of nitrogens with two attached hydrogens (primary N) is 1. The number of nitrogens with zero attached hydrogens (tertiary/aromatic N) is 4. The van der Waals surface area contributed by atoms with E-state index in [1.54, 1.807) is 0 Å². The zero-order valence-corrected chi connectivity index (χ0v) is 11.9. The number of carbonyl (C=O) groups is 1. The molecule has 1 aliphatic carbocycles. The van der Waals surface area contributed by atoms with Gasteiger partial charge in [-0.3, -0.25) is 9.69 Å². The Morgan fingerprint density at radius 3 is 2.70 bits per heavy atom. The quantitative estimate of drug-likeness (QED) is 0.862. The van der Waals surface area contributed by atoms with Gasteiger partial charge in [0.1, 0.15) is 6.54 Å². The molecule has 2 N–H and O–H groups in total. The molecule has 1 amide bonds. The highest BCUT2D eigenvalue weighted by Gasteiger charge is 2.33. The number of primary amides is 1. The highest BCUT2D eigenvalue weighted by molar-refractivity contribution is 5.73. The van der Waals surface area contributed by atoms with E-state index >= 15 is 0 Å². The van der Waals surface area contributed by atoms with Crippen molar-refractivity contribution in [1.29, 1.82) is 0 Å². The van der Waals surface area contributed by atoms with Crippen molar-refractivity contribution in [3.05, 3.63) is 11.9 Å². The summed E-state index contributed by atoms with van der Waals surface area (Å²) in [5.41, 5.74) is 6.06. The summed E-state index contributed by atoms with van der Waals surface area (Å²) < 4.78 is 1.51. The molecule has 1 aromatic rings. The van der Waals surface area contributed by atoms with E-state index in [0.29, 0.717) is 0 Å². The van der Waals surface area contributed by atoms with Crippen molar-refractivity contribution in [2.24, 2.45) is 17.6 Å². The molecular formula is C14H23N5O. The highest BCUT2D eigenvalue weighted by atomic mass is 16.1. The molecule has 2 aliphatic rings. The van der Waals surface area contributed by atoms with Crippen LogP contribution >= 0.6 is 0 Å². The summed E-state index contributed by atoms with van der Waals surface area (Å²) in [6.07, 6.45) is 8.93. The Morgan fingerprint density at radius 2 is 2.00 bits per heavy atom. The molecule has 6 nitrogen and oxygen atoms in total. The van der Waals surface area contributed by atoms with Gasteiger partial charge in [0.05, 0.1) is 11.9 Å². The van der Waals surface area contributed by atoms with E-state index in [-0.39, 0.29) is 12.5 Å². The van der Waals surface area contributed by atoms with E-state index < -0.39 is 0 Å². The van der Waals surface area contributed by atoms with Gasteiger partial charge in [0.25, 0.3) is 0 Å². The largest absolute Gasteiger partial charge is 0.368 e. The van der Waals surface area contributed by atoms with E-state index in [0.717, 1.165) is 24.1 Å². The van der Waals surface area contributed by atoms with E-state index in [9.17, 15) is 4.79 Å². The van der Waals surface area contributed by atoms with Gasteiger partial charge in [-0.2, -0.15) is 0 Å². The molecule has 0 aromatic carbocycles. The minimum absolute atomic E-state index is 0.109. The number of likely N-dealkylation sites (tertiary alicyclic amines) is 1. The summed E-state index contributed by atoms with van der Waals surface area (Å²) in [4.78, 5) is 13.2. The summed E-state index contributed by atoms with van der Waals surface area (Å²) in [6.45, 7) is 3.32. The maximum atomic E-state index is 10.8. The Hall–Kier alpha value is -1.43. The Kier molecular flexibility index (Phi) is 4.00. The standard InChI is InChI=1S/C14H23N5O/c15-14(20)10-19-9-13(16-17-19)8-18-6-12(7-18)11-4-2-1-3-5-11/h9,11-12H,1-8,10H2,(H2,15,20). The van der Waals surface area contributed by atoms with E-state index in [4.69, 9.17) is 5.73 Å². The van der Waals surface area contributed by atoms with Gasteiger partial charge in [-0.1, -0.05) is 37.3 Å². The molecule has 3 rings (SSSR count). The molecule has 2 fully saturated rings. The summed E-state index contributed by atoms with van der Waals surface area (Å²) in [5.74, 6) is 1.45. The van der Waals surface area contributed by atoms with Crippen LogP contribution in [0.1, 0.15) is 37.8 Å². The fraction of sp³-hybridized carbons (Fsp3) is 0.786. The molecule has 20 heavy (non-hydrogen) atoms. The molecule has 1 aromatic heterocycles. The third kappa shape index (κ3) is 3.17. The zero-order chi connectivity index (χ0) is 13.9. The fourth-order valence-corrected chi connectivity index (χ4v) is 3.52. The Balaban J connectivity index is 1.44. The third-order valence-electron chi connectivity index (χ3n) is 4.59. The van der Waals surface area contributed by atoms with Crippen LogP contribution in [0.15, 0.2) is 6.20 Å². The van der Waals surface area contributed by atoms with Crippen LogP contribution in [0.2, 0.25) is 0 Å². The van der Waals surface area contributed by atoms with Crippen molar-refractivity contribution in [2.45, 2.75) is 45.2 Å². The lowest BCUT2D eigenvalue weighted by molar-refractivity contribution is -0.118. The van der Waals surface area contributed by atoms with Crippen molar-refractivity contribution < 1.29 is 4.79 Å². The molecule has 0 bridgehead atoms. The molecule has 1 saturated carbocycles. The SMILES string of the molecule is NC(=O)Cn1cc(CN2CC(C3CCCCC3)C2)nn1. The minimum atomic E-state index is -0.386.